The molecule has 0 aliphatic heterocycles. The van der Waals surface area contributed by atoms with Crippen molar-refractivity contribution in [2.24, 2.45) is 5.92 Å². The Bertz CT molecular complexity index is 296. The summed E-state index contributed by atoms with van der Waals surface area (Å²) >= 11 is 0. The van der Waals surface area contributed by atoms with Crippen LogP contribution in [-0.2, 0) is 0 Å². The minimum Gasteiger partial charge on any atom is -0.388 e. The van der Waals surface area contributed by atoms with Gasteiger partial charge in [0.05, 0.1) is 6.10 Å². The van der Waals surface area contributed by atoms with Gasteiger partial charge in [-0.25, -0.2) is 0 Å². The highest BCUT2D eigenvalue weighted by atomic mass is 16.3. The number of aliphatic hydroxyl groups is 1. The zero-order valence-electron chi connectivity index (χ0n) is 9.45. The van der Waals surface area contributed by atoms with Crippen LogP contribution in [-0.4, -0.2) is 5.11 Å². The summed E-state index contributed by atoms with van der Waals surface area (Å²) in [5.41, 5.74) is 2.33. The molecule has 1 heteroatoms. The lowest BCUT2D eigenvalue weighted by molar-refractivity contribution is 0.145. The second-order valence-electron chi connectivity index (χ2n) is 4.81. The summed E-state index contributed by atoms with van der Waals surface area (Å²) in [6.07, 6.45) is 6.01. The van der Waals surface area contributed by atoms with Gasteiger partial charge in [0.25, 0.3) is 0 Å². The summed E-state index contributed by atoms with van der Waals surface area (Å²) in [7, 11) is 0. The molecule has 1 saturated carbocycles. The molecule has 0 spiro atoms. The number of aliphatic hydroxyl groups excluding tert-OH is 1. The van der Waals surface area contributed by atoms with E-state index in [2.05, 4.69) is 31.2 Å². The first kappa shape index (κ1) is 10.7. The number of rotatable bonds is 3. The lowest BCUT2D eigenvalue weighted by atomic mass is 9.95. The molecule has 1 aromatic carbocycles. The summed E-state index contributed by atoms with van der Waals surface area (Å²) in [6.45, 7) is 2.08. The summed E-state index contributed by atoms with van der Waals surface area (Å²) in [5, 5.41) is 10.1. The molecule has 15 heavy (non-hydrogen) atoms. The third-order valence-electron chi connectivity index (χ3n) is 3.49. The average molecular weight is 204 g/mol. The molecule has 0 amide bonds. The molecule has 1 aliphatic rings. The van der Waals surface area contributed by atoms with E-state index in [-0.39, 0.29) is 6.10 Å². The van der Waals surface area contributed by atoms with Gasteiger partial charge in [-0.05, 0) is 24.8 Å². The Labute approximate surface area is 92.1 Å². The Hall–Kier alpha value is -0.820. The maximum atomic E-state index is 10.1. The first-order chi connectivity index (χ1) is 7.25. The highest BCUT2D eigenvalue weighted by Crippen LogP contribution is 2.32. The van der Waals surface area contributed by atoms with Crippen LogP contribution in [0.5, 0.6) is 0 Å². The van der Waals surface area contributed by atoms with Crippen LogP contribution in [0.1, 0.15) is 49.3 Å². The lowest BCUT2D eigenvalue weighted by Crippen LogP contribution is -2.04. The molecule has 1 nitrogen and oxygen atoms in total. The minimum atomic E-state index is -0.256. The minimum absolute atomic E-state index is 0.256. The van der Waals surface area contributed by atoms with Crippen LogP contribution in [0, 0.1) is 12.8 Å². The van der Waals surface area contributed by atoms with Gasteiger partial charge in [0.1, 0.15) is 0 Å². The zero-order chi connectivity index (χ0) is 10.7. The smallest absolute Gasteiger partial charge is 0.0792 e. The zero-order valence-corrected chi connectivity index (χ0v) is 9.45. The third kappa shape index (κ3) is 2.82. The summed E-state index contributed by atoms with van der Waals surface area (Å²) in [5.74, 6) is 0.751. The van der Waals surface area contributed by atoms with Gasteiger partial charge in [-0.1, -0.05) is 55.5 Å². The topological polar surface area (TPSA) is 20.2 Å². The molecular weight excluding hydrogens is 184 g/mol. The largest absolute Gasteiger partial charge is 0.388 e. The quantitative estimate of drug-likeness (QED) is 0.797. The van der Waals surface area contributed by atoms with Crippen molar-refractivity contribution in [3.8, 4) is 0 Å². The lowest BCUT2D eigenvalue weighted by Gasteiger charge is -2.15. The van der Waals surface area contributed by atoms with Crippen LogP contribution >= 0.6 is 0 Å². The molecule has 0 bridgehead atoms. The first-order valence-electron chi connectivity index (χ1n) is 6.00. The standard InChI is InChI=1S/C14H20O/c1-11-6-8-13(9-7-11)14(15)10-12-4-2-3-5-12/h6-9,12,14-15H,2-5,10H2,1H3. The highest BCUT2D eigenvalue weighted by molar-refractivity contribution is 5.23. The van der Waals surface area contributed by atoms with Crippen LogP contribution < -0.4 is 0 Å². The summed E-state index contributed by atoms with van der Waals surface area (Å²) in [4.78, 5) is 0. The van der Waals surface area contributed by atoms with Crippen molar-refractivity contribution in [2.45, 2.75) is 45.1 Å². The number of aryl methyl sites for hydroxylation is 1. The molecule has 2 rings (SSSR count). The number of benzene rings is 1. The van der Waals surface area contributed by atoms with E-state index in [4.69, 9.17) is 0 Å². The second kappa shape index (κ2) is 4.80. The van der Waals surface area contributed by atoms with Crippen LogP contribution in [0.4, 0.5) is 0 Å². The molecule has 0 heterocycles. The van der Waals surface area contributed by atoms with E-state index in [0.29, 0.717) is 0 Å². The van der Waals surface area contributed by atoms with Gasteiger partial charge >= 0.3 is 0 Å². The van der Waals surface area contributed by atoms with Crippen molar-refractivity contribution in [2.75, 3.05) is 0 Å². The van der Waals surface area contributed by atoms with Gasteiger partial charge in [-0.3, -0.25) is 0 Å². The molecule has 0 radical (unpaired) electrons. The molecule has 82 valence electrons. The molecule has 0 saturated heterocycles. The van der Waals surface area contributed by atoms with Gasteiger partial charge in [0, 0.05) is 0 Å². The Morgan fingerprint density at radius 3 is 2.40 bits per heavy atom. The predicted octanol–water partition coefficient (Wildman–Crippen LogP) is 3.61. The van der Waals surface area contributed by atoms with E-state index in [1.807, 2.05) is 0 Å². The van der Waals surface area contributed by atoms with E-state index in [1.165, 1.54) is 31.2 Å². The molecule has 1 aromatic rings. The van der Waals surface area contributed by atoms with Crippen molar-refractivity contribution in [1.29, 1.82) is 0 Å². The second-order valence-corrected chi connectivity index (χ2v) is 4.81. The predicted molar refractivity (Wildman–Crippen MR) is 62.7 cm³/mol. The molecule has 1 fully saturated rings. The van der Waals surface area contributed by atoms with Crippen molar-refractivity contribution >= 4 is 0 Å². The molecule has 1 atom stereocenters. The summed E-state index contributed by atoms with van der Waals surface area (Å²) < 4.78 is 0. The van der Waals surface area contributed by atoms with Crippen molar-refractivity contribution in [3.63, 3.8) is 0 Å². The third-order valence-corrected chi connectivity index (χ3v) is 3.49. The van der Waals surface area contributed by atoms with E-state index >= 15 is 0 Å². The first-order valence-corrected chi connectivity index (χ1v) is 6.00. The van der Waals surface area contributed by atoms with Gasteiger partial charge < -0.3 is 5.11 Å². The molecular formula is C14H20O. The summed E-state index contributed by atoms with van der Waals surface area (Å²) in [6, 6.07) is 8.25. The monoisotopic (exact) mass is 204 g/mol. The van der Waals surface area contributed by atoms with Gasteiger partial charge in [0.15, 0.2) is 0 Å². The molecule has 1 unspecified atom stereocenters. The van der Waals surface area contributed by atoms with Crippen LogP contribution in [0.15, 0.2) is 24.3 Å². The van der Waals surface area contributed by atoms with E-state index < -0.39 is 0 Å². The SMILES string of the molecule is Cc1ccc(C(O)CC2CCCC2)cc1. The van der Waals surface area contributed by atoms with Gasteiger partial charge in [-0.2, -0.15) is 0 Å². The fourth-order valence-electron chi connectivity index (χ4n) is 2.49. The van der Waals surface area contributed by atoms with Crippen molar-refractivity contribution in [3.05, 3.63) is 35.4 Å². The van der Waals surface area contributed by atoms with Crippen LogP contribution in [0.3, 0.4) is 0 Å². The fourth-order valence-corrected chi connectivity index (χ4v) is 2.49. The Morgan fingerprint density at radius 2 is 1.80 bits per heavy atom. The van der Waals surface area contributed by atoms with E-state index in [1.54, 1.807) is 0 Å². The average Bonchev–Trinajstić information content (AvgIpc) is 2.71. The van der Waals surface area contributed by atoms with Crippen LogP contribution in [0.25, 0.3) is 0 Å². The van der Waals surface area contributed by atoms with Crippen molar-refractivity contribution < 1.29 is 5.11 Å². The Balaban J connectivity index is 1.94. The van der Waals surface area contributed by atoms with Gasteiger partial charge in [0.2, 0.25) is 0 Å². The normalized spacial score (nSPS) is 19.3. The number of hydrogen-bond donors (Lipinski definition) is 1. The Kier molecular flexibility index (Phi) is 3.42. The maximum absolute atomic E-state index is 10.1. The fraction of sp³-hybridized carbons (Fsp3) is 0.571. The van der Waals surface area contributed by atoms with E-state index in [0.717, 1.165) is 17.9 Å². The van der Waals surface area contributed by atoms with Crippen LogP contribution in [0.2, 0.25) is 0 Å². The molecule has 1 aliphatic carbocycles. The number of hydrogen-bond acceptors (Lipinski definition) is 1. The van der Waals surface area contributed by atoms with Crippen molar-refractivity contribution in [1.82, 2.24) is 0 Å². The maximum Gasteiger partial charge on any atom is 0.0792 e. The molecule has 0 aromatic heterocycles. The van der Waals surface area contributed by atoms with E-state index in [9.17, 15) is 5.11 Å². The highest BCUT2D eigenvalue weighted by Gasteiger charge is 2.19. The van der Waals surface area contributed by atoms with Gasteiger partial charge in [-0.15, -0.1) is 0 Å². The molecule has 1 N–H and O–H groups in total. The Morgan fingerprint density at radius 1 is 1.20 bits per heavy atom.